The zero-order valence-corrected chi connectivity index (χ0v) is 9.65. The van der Waals surface area contributed by atoms with E-state index in [1.54, 1.807) is 6.92 Å². The van der Waals surface area contributed by atoms with Crippen molar-refractivity contribution in [1.29, 1.82) is 0 Å². The van der Waals surface area contributed by atoms with E-state index in [9.17, 15) is 20.0 Å². The van der Waals surface area contributed by atoms with E-state index in [0.29, 0.717) is 19.3 Å². The van der Waals surface area contributed by atoms with E-state index in [2.05, 4.69) is 0 Å². The van der Waals surface area contributed by atoms with Gasteiger partial charge in [0.25, 0.3) is 0 Å². The molecule has 1 saturated carbocycles. The Morgan fingerprint density at radius 2 is 2.00 bits per heavy atom. The van der Waals surface area contributed by atoms with E-state index >= 15 is 0 Å². The van der Waals surface area contributed by atoms with Crippen LogP contribution in [-0.2, 0) is 4.79 Å². The fraction of sp³-hybridized carbons (Fsp3) is 0.909. The highest BCUT2D eigenvalue weighted by atomic mass is 16.6. The van der Waals surface area contributed by atoms with Crippen LogP contribution in [0.1, 0.15) is 45.4 Å². The number of nitrogens with zero attached hydrogens (tertiary/aromatic N) is 1. The van der Waals surface area contributed by atoms with Gasteiger partial charge in [-0.25, -0.2) is 0 Å². The van der Waals surface area contributed by atoms with Crippen LogP contribution in [0.5, 0.6) is 0 Å². The Balaban J connectivity index is 2.91. The second-order valence-corrected chi connectivity index (χ2v) is 4.71. The average Bonchev–Trinajstić information content (AvgIpc) is 2.17. The quantitative estimate of drug-likeness (QED) is 0.579. The second-order valence-electron chi connectivity index (χ2n) is 4.71. The van der Waals surface area contributed by atoms with Gasteiger partial charge in [0.2, 0.25) is 6.54 Å². The highest BCUT2D eigenvalue weighted by Gasteiger charge is 2.46. The van der Waals surface area contributed by atoms with Crippen molar-refractivity contribution in [2.75, 3.05) is 6.54 Å². The monoisotopic (exact) mass is 229 g/mol. The van der Waals surface area contributed by atoms with Gasteiger partial charge in [0.05, 0.1) is 5.92 Å². The fourth-order valence-electron chi connectivity index (χ4n) is 3.00. The maximum Gasteiger partial charge on any atom is 0.307 e. The molecular formula is C11H19NO4. The largest absolute Gasteiger partial charge is 0.481 e. The molecule has 1 unspecified atom stereocenters. The predicted octanol–water partition coefficient (Wildman–Crippen LogP) is 2.32. The minimum absolute atomic E-state index is 0.197. The first-order valence-corrected chi connectivity index (χ1v) is 5.86. The van der Waals surface area contributed by atoms with E-state index in [4.69, 9.17) is 0 Å². The standard InChI is InChI=1S/C11H19NO4/c1-2-9(10(13)14)11(8-12(15)16)6-4-3-5-7-11/h9H,2-8H2,1H3,(H,13,14). The third kappa shape index (κ3) is 2.71. The SMILES string of the molecule is CCC(C(=O)O)C1(C[N+](=O)[O-])CCCCC1. The van der Waals surface area contributed by atoms with Gasteiger partial charge in [-0.15, -0.1) is 0 Å². The summed E-state index contributed by atoms with van der Waals surface area (Å²) in [5, 5.41) is 19.9. The summed E-state index contributed by atoms with van der Waals surface area (Å²) < 4.78 is 0. The minimum atomic E-state index is -0.883. The number of carboxylic acids is 1. The maximum atomic E-state index is 11.2. The molecule has 16 heavy (non-hydrogen) atoms. The molecule has 1 aliphatic carbocycles. The molecule has 1 rings (SSSR count). The summed E-state index contributed by atoms with van der Waals surface area (Å²) in [6.07, 6.45) is 4.73. The van der Waals surface area contributed by atoms with Crippen molar-refractivity contribution in [3.05, 3.63) is 10.1 Å². The van der Waals surface area contributed by atoms with Crippen LogP contribution in [0.15, 0.2) is 0 Å². The Labute approximate surface area is 95.0 Å². The van der Waals surface area contributed by atoms with Crippen molar-refractivity contribution in [3.8, 4) is 0 Å². The average molecular weight is 229 g/mol. The topological polar surface area (TPSA) is 80.4 Å². The molecule has 92 valence electrons. The fourth-order valence-corrected chi connectivity index (χ4v) is 3.00. The smallest absolute Gasteiger partial charge is 0.307 e. The summed E-state index contributed by atoms with van der Waals surface area (Å²) in [4.78, 5) is 21.6. The zero-order chi connectivity index (χ0) is 12.2. The van der Waals surface area contributed by atoms with Gasteiger partial charge in [-0.1, -0.05) is 26.2 Å². The Bertz CT molecular complexity index is 271. The molecule has 0 bridgehead atoms. The summed E-state index contributed by atoms with van der Waals surface area (Å²) in [5.74, 6) is -1.45. The van der Waals surface area contributed by atoms with Crippen LogP contribution in [0.4, 0.5) is 0 Å². The van der Waals surface area contributed by atoms with Crippen LogP contribution < -0.4 is 0 Å². The van der Waals surface area contributed by atoms with Crippen LogP contribution >= 0.6 is 0 Å². The number of hydrogen-bond donors (Lipinski definition) is 1. The molecule has 5 nitrogen and oxygen atoms in total. The highest BCUT2D eigenvalue weighted by Crippen LogP contribution is 2.44. The van der Waals surface area contributed by atoms with E-state index in [1.165, 1.54) is 0 Å². The van der Waals surface area contributed by atoms with Crippen LogP contribution in [0.25, 0.3) is 0 Å². The molecule has 0 aromatic carbocycles. The lowest BCUT2D eigenvalue weighted by atomic mass is 9.65. The molecule has 1 fully saturated rings. The Kier molecular flexibility index (Phi) is 4.26. The lowest BCUT2D eigenvalue weighted by molar-refractivity contribution is -0.501. The third-order valence-electron chi connectivity index (χ3n) is 3.74. The van der Waals surface area contributed by atoms with Crippen molar-refractivity contribution in [2.24, 2.45) is 11.3 Å². The Morgan fingerprint density at radius 3 is 2.38 bits per heavy atom. The summed E-state index contributed by atoms with van der Waals surface area (Å²) in [7, 11) is 0. The number of hydrogen-bond acceptors (Lipinski definition) is 3. The van der Waals surface area contributed by atoms with Crippen LogP contribution in [-0.4, -0.2) is 22.5 Å². The lowest BCUT2D eigenvalue weighted by Crippen LogP contribution is -2.42. The van der Waals surface area contributed by atoms with Gasteiger partial charge in [-0.05, 0) is 19.3 Å². The van der Waals surface area contributed by atoms with E-state index in [-0.39, 0.29) is 11.5 Å². The van der Waals surface area contributed by atoms with Gasteiger partial charge in [-0.3, -0.25) is 14.9 Å². The normalized spacial score (nSPS) is 21.3. The molecule has 0 amide bonds. The van der Waals surface area contributed by atoms with Crippen molar-refractivity contribution >= 4 is 5.97 Å². The first-order chi connectivity index (χ1) is 7.52. The van der Waals surface area contributed by atoms with Gasteiger partial charge in [0.1, 0.15) is 0 Å². The number of aliphatic carboxylic acids is 1. The zero-order valence-electron chi connectivity index (χ0n) is 9.65. The van der Waals surface area contributed by atoms with E-state index in [1.807, 2.05) is 0 Å². The third-order valence-corrected chi connectivity index (χ3v) is 3.74. The summed E-state index contributed by atoms with van der Waals surface area (Å²) in [6, 6.07) is 0. The summed E-state index contributed by atoms with van der Waals surface area (Å²) in [6.45, 7) is 1.60. The lowest BCUT2D eigenvalue weighted by Gasteiger charge is -2.38. The first-order valence-electron chi connectivity index (χ1n) is 5.86. The maximum absolute atomic E-state index is 11.2. The van der Waals surface area contributed by atoms with Crippen molar-refractivity contribution in [3.63, 3.8) is 0 Å². The minimum Gasteiger partial charge on any atom is -0.481 e. The molecule has 0 heterocycles. The molecule has 1 N–H and O–H groups in total. The van der Waals surface area contributed by atoms with Crippen molar-refractivity contribution in [2.45, 2.75) is 45.4 Å². The second kappa shape index (κ2) is 5.27. The number of rotatable bonds is 5. The van der Waals surface area contributed by atoms with Gasteiger partial charge < -0.3 is 5.11 Å². The van der Waals surface area contributed by atoms with Crippen LogP contribution in [0, 0.1) is 21.4 Å². The highest BCUT2D eigenvalue weighted by molar-refractivity contribution is 5.71. The molecule has 0 aliphatic heterocycles. The summed E-state index contributed by atoms with van der Waals surface area (Å²) >= 11 is 0. The first kappa shape index (κ1) is 12.9. The molecule has 0 aromatic rings. The number of carboxylic acid groups (broad SMARTS) is 1. The van der Waals surface area contributed by atoms with Gasteiger partial charge in [-0.2, -0.15) is 0 Å². The van der Waals surface area contributed by atoms with Gasteiger partial charge in [0.15, 0.2) is 0 Å². The number of nitro groups is 1. The molecular weight excluding hydrogens is 210 g/mol. The van der Waals surface area contributed by atoms with Crippen molar-refractivity contribution in [1.82, 2.24) is 0 Å². The van der Waals surface area contributed by atoms with Gasteiger partial charge in [0, 0.05) is 10.3 Å². The molecule has 0 spiro atoms. The number of carbonyl (C=O) groups is 1. The van der Waals surface area contributed by atoms with Crippen LogP contribution in [0.2, 0.25) is 0 Å². The summed E-state index contributed by atoms with van der Waals surface area (Å²) in [5.41, 5.74) is -0.609. The Morgan fingerprint density at radius 1 is 1.44 bits per heavy atom. The molecule has 0 saturated heterocycles. The Hall–Kier alpha value is -1.13. The molecule has 0 radical (unpaired) electrons. The molecule has 1 aliphatic rings. The van der Waals surface area contributed by atoms with E-state index < -0.39 is 17.3 Å². The van der Waals surface area contributed by atoms with E-state index in [0.717, 1.165) is 19.3 Å². The van der Waals surface area contributed by atoms with Gasteiger partial charge >= 0.3 is 5.97 Å². The molecule has 0 aromatic heterocycles. The van der Waals surface area contributed by atoms with Crippen molar-refractivity contribution < 1.29 is 14.8 Å². The molecule has 1 atom stereocenters. The van der Waals surface area contributed by atoms with Crippen LogP contribution in [0.3, 0.4) is 0 Å². The molecule has 5 heteroatoms. The predicted molar refractivity (Wildman–Crippen MR) is 58.8 cm³/mol.